The molecule has 0 bridgehead atoms. The highest BCUT2D eigenvalue weighted by atomic mass is 16.2. The number of carbonyl (C=O) groups is 1. The number of nitriles is 1. The minimum atomic E-state index is -0.304. The molecule has 1 amide bonds. The van der Waals surface area contributed by atoms with E-state index in [1.165, 1.54) is 0 Å². The van der Waals surface area contributed by atoms with Crippen LogP contribution in [0.1, 0.15) is 32.1 Å². The Kier molecular flexibility index (Phi) is 3.76. The van der Waals surface area contributed by atoms with E-state index in [0.717, 1.165) is 61.1 Å². The summed E-state index contributed by atoms with van der Waals surface area (Å²) in [6.07, 6.45) is 11.6. The third-order valence-corrected chi connectivity index (χ3v) is 7.20. The fourth-order valence-electron chi connectivity index (χ4n) is 5.60. The highest BCUT2D eigenvalue weighted by Crippen LogP contribution is 2.50. The Labute approximate surface area is 173 Å². The molecule has 1 saturated heterocycles. The second-order valence-corrected chi connectivity index (χ2v) is 9.14. The summed E-state index contributed by atoms with van der Waals surface area (Å²) < 4.78 is 2.00. The normalized spacial score (nSPS) is 28.0. The van der Waals surface area contributed by atoms with E-state index in [1.807, 2.05) is 29.3 Å². The highest BCUT2D eigenvalue weighted by molar-refractivity contribution is 5.90. The molecule has 0 radical (unpaired) electrons. The van der Waals surface area contributed by atoms with Crippen LogP contribution < -0.4 is 0 Å². The van der Waals surface area contributed by atoms with Crippen molar-refractivity contribution < 1.29 is 4.79 Å². The number of aromatic nitrogens is 5. The number of H-pyrrole nitrogens is 1. The molecule has 3 aromatic rings. The summed E-state index contributed by atoms with van der Waals surface area (Å²) in [5.74, 6) is 1.52. The molecule has 6 rings (SSSR count). The van der Waals surface area contributed by atoms with Gasteiger partial charge >= 0.3 is 0 Å². The lowest BCUT2D eigenvalue weighted by Crippen LogP contribution is -2.36. The first kappa shape index (κ1) is 17.6. The van der Waals surface area contributed by atoms with Crippen molar-refractivity contribution in [2.75, 3.05) is 13.1 Å². The number of fused-ring (bicyclic) bond motifs is 2. The standard InChI is InChI=1S/C22H23N7O/c23-5-4-22(7-15-10-28(11-16(15)8-22)21(30)14-1-2-14)29-12-17(9-27-29)19-18-3-6-24-20(18)26-13-25-19/h3,6,9,12-16H,1-2,4,7-8,10-11H2,(H,24,25,26)/t15-,16+,22-. The Hall–Kier alpha value is -3.21. The van der Waals surface area contributed by atoms with Crippen molar-refractivity contribution in [3.05, 3.63) is 31.0 Å². The molecule has 3 aromatic heterocycles. The van der Waals surface area contributed by atoms with E-state index in [0.29, 0.717) is 24.2 Å². The topological polar surface area (TPSA) is 103 Å². The zero-order valence-electron chi connectivity index (χ0n) is 16.7. The zero-order chi connectivity index (χ0) is 20.3. The van der Waals surface area contributed by atoms with Gasteiger partial charge in [0, 0.05) is 42.4 Å². The third kappa shape index (κ3) is 2.65. The predicted molar refractivity (Wildman–Crippen MR) is 109 cm³/mol. The van der Waals surface area contributed by atoms with Crippen molar-refractivity contribution >= 4 is 16.9 Å². The maximum Gasteiger partial charge on any atom is 0.225 e. The molecular weight excluding hydrogens is 378 g/mol. The summed E-state index contributed by atoms with van der Waals surface area (Å²) >= 11 is 0. The number of carbonyl (C=O) groups excluding carboxylic acids is 1. The van der Waals surface area contributed by atoms with Gasteiger partial charge in [0.1, 0.15) is 12.0 Å². The van der Waals surface area contributed by atoms with Gasteiger partial charge in [-0.15, -0.1) is 0 Å². The number of hydrogen-bond acceptors (Lipinski definition) is 5. The van der Waals surface area contributed by atoms with Gasteiger partial charge < -0.3 is 9.88 Å². The molecule has 2 aliphatic carbocycles. The molecule has 3 aliphatic rings. The van der Waals surface area contributed by atoms with Crippen LogP contribution >= 0.6 is 0 Å². The van der Waals surface area contributed by atoms with Crippen LogP contribution in [0.5, 0.6) is 0 Å². The first-order valence-electron chi connectivity index (χ1n) is 10.7. The molecule has 30 heavy (non-hydrogen) atoms. The molecule has 8 heteroatoms. The maximum atomic E-state index is 12.5. The zero-order valence-corrected chi connectivity index (χ0v) is 16.7. The van der Waals surface area contributed by atoms with Crippen molar-refractivity contribution in [3.8, 4) is 17.3 Å². The minimum Gasteiger partial charge on any atom is -0.346 e. The largest absolute Gasteiger partial charge is 0.346 e. The Morgan fingerprint density at radius 3 is 2.80 bits per heavy atom. The van der Waals surface area contributed by atoms with Gasteiger partial charge in [0.15, 0.2) is 0 Å². The number of hydrogen-bond donors (Lipinski definition) is 1. The van der Waals surface area contributed by atoms with Crippen LogP contribution in [0.2, 0.25) is 0 Å². The SMILES string of the molecule is N#CC[C@]1(n2cc(-c3ncnc4[nH]ccc34)cn2)C[C@H]2CN(C(=O)C3CC3)C[C@H]2C1. The number of aromatic amines is 1. The first-order chi connectivity index (χ1) is 14.7. The maximum absolute atomic E-state index is 12.5. The smallest absolute Gasteiger partial charge is 0.225 e. The highest BCUT2D eigenvalue weighted by Gasteiger charge is 2.52. The van der Waals surface area contributed by atoms with Gasteiger partial charge in [0.05, 0.1) is 29.9 Å². The molecule has 2 saturated carbocycles. The van der Waals surface area contributed by atoms with Gasteiger partial charge in [-0.3, -0.25) is 9.48 Å². The number of likely N-dealkylation sites (tertiary alicyclic amines) is 1. The lowest BCUT2D eigenvalue weighted by Gasteiger charge is -2.29. The van der Waals surface area contributed by atoms with E-state index in [1.54, 1.807) is 6.33 Å². The summed E-state index contributed by atoms with van der Waals surface area (Å²) in [6.45, 7) is 1.66. The van der Waals surface area contributed by atoms with Crippen LogP contribution in [-0.4, -0.2) is 48.6 Å². The Morgan fingerprint density at radius 2 is 2.07 bits per heavy atom. The summed E-state index contributed by atoms with van der Waals surface area (Å²) in [5, 5.41) is 15.2. The second-order valence-electron chi connectivity index (χ2n) is 9.14. The lowest BCUT2D eigenvalue weighted by atomic mass is 9.92. The number of nitrogens with one attached hydrogen (secondary N) is 1. The molecule has 1 N–H and O–H groups in total. The Balaban J connectivity index is 1.28. The van der Waals surface area contributed by atoms with Gasteiger partial charge in [-0.2, -0.15) is 10.4 Å². The molecule has 3 atom stereocenters. The van der Waals surface area contributed by atoms with Crippen LogP contribution in [0.15, 0.2) is 31.0 Å². The third-order valence-electron chi connectivity index (χ3n) is 7.20. The van der Waals surface area contributed by atoms with Crippen molar-refractivity contribution in [2.24, 2.45) is 17.8 Å². The van der Waals surface area contributed by atoms with E-state index in [-0.39, 0.29) is 11.5 Å². The monoisotopic (exact) mass is 401 g/mol. The van der Waals surface area contributed by atoms with E-state index in [9.17, 15) is 10.1 Å². The van der Waals surface area contributed by atoms with Crippen LogP contribution in [0.4, 0.5) is 0 Å². The molecule has 3 fully saturated rings. The van der Waals surface area contributed by atoms with Crippen LogP contribution in [0, 0.1) is 29.1 Å². The minimum absolute atomic E-state index is 0.277. The van der Waals surface area contributed by atoms with Gasteiger partial charge in [-0.1, -0.05) is 0 Å². The summed E-state index contributed by atoms with van der Waals surface area (Å²) in [5.41, 5.74) is 2.28. The van der Waals surface area contributed by atoms with Crippen LogP contribution in [0.3, 0.4) is 0 Å². The number of rotatable bonds is 4. The molecule has 0 aromatic carbocycles. The van der Waals surface area contributed by atoms with Crippen molar-refractivity contribution in [1.82, 2.24) is 29.6 Å². The average Bonchev–Trinajstić information content (AvgIpc) is 3.11. The first-order valence-corrected chi connectivity index (χ1v) is 10.7. The number of amides is 1. The molecule has 0 unspecified atom stereocenters. The van der Waals surface area contributed by atoms with E-state index in [2.05, 4.69) is 25.9 Å². The van der Waals surface area contributed by atoms with Gasteiger partial charge in [0.2, 0.25) is 5.91 Å². The van der Waals surface area contributed by atoms with E-state index in [4.69, 9.17) is 5.10 Å². The average molecular weight is 401 g/mol. The van der Waals surface area contributed by atoms with Gasteiger partial charge in [-0.05, 0) is 43.6 Å². The fraction of sp³-hybridized carbons (Fsp3) is 0.500. The van der Waals surface area contributed by atoms with Crippen molar-refractivity contribution in [3.63, 3.8) is 0 Å². The summed E-state index contributed by atoms with van der Waals surface area (Å²) in [7, 11) is 0. The van der Waals surface area contributed by atoms with Gasteiger partial charge in [-0.25, -0.2) is 9.97 Å². The van der Waals surface area contributed by atoms with Gasteiger partial charge in [0.25, 0.3) is 0 Å². The summed E-state index contributed by atoms with van der Waals surface area (Å²) in [6, 6.07) is 4.37. The van der Waals surface area contributed by atoms with Crippen molar-refractivity contribution in [2.45, 2.75) is 37.6 Å². The van der Waals surface area contributed by atoms with Crippen LogP contribution in [-0.2, 0) is 10.3 Å². The van der Waals surface area contributed by atoms with Crippen molar-refractivity contribution in [1.29, 1.82) is 5.26 Å². The Morgan fingerprint density at radius 1 is 1.27 bits per heavy atom. The molecule has 152 valence electrons. The summed E-state index contributed by atoms with van der Waals surface area (Å²) in [4.78, 5) is 26.4. The Bertz CT molecular complexity index is 1150. The quantitative estimate of drug-likeness (QED) is 0.724. The van der Waals surface area contributed by atoms with E-state index >= 15 is 0 Å². The van der Waals surface area contributed by atoms with E-state index < -0.39 is 0 Å². The molecule has 0 spiro atoms. The van der Waals surface area contributed by atoms with Crippen LogP contribution in [0.25, 0.3) is 22.3 Å². The predicted octanol–water partition coefficient (Wildman–Crippen LogP) is 2.71. The lowest BCUT2D eigenvalue weighted by molar-refractivity contribution is -0.131. The molecular formula is C22H23N7O. The fourth-order valence-corrected chi connectivity index (χ4v) is 5.60. The molecule has 8 nitrogen and oxygen atoms in total. The molecule has 4 heterocycles. The number of nitrogens with zero attached hydrogens (tertiary/aromatic N) is 6. The second kappa shape index (κ2) is 6.39. The molecule has 1 aliphatic heterocycles.